The van der Waals surface area contributed by atoms with Gasteiger partial charge in [-0.1, -0.05) is 12.1 Å². The van der Waals surface area contributed by atoms with E-state index in [2.05, 4.69) is 15.3 Å². The molecule has 0 radical (unpaired) electrons. The van der Waals surface area contributed by atoms with Gasteiger partial charge in [-0.25, -0.2) is 0 Å². The Labute approximate surface area is 149 Å². The van der Waals surface area contributed by atoms with Crippen molar-refractivity contribution in [2.24, 2.45) is 0 Å². The van der Waals surface area contributed by atoms with Crippen molar-refractivity contribution in [3.05, 3.63) is 47.8 Å². The van der Waals surface area contributed by atoms with Crippen LogP contribution in [-0.4, -0.2) is 34.3 Å². The maximum atomic E-state index is 12.6. The molecule has 0 bridgehead atoms. The van der Waals surface area contributed by atoms with Gasteiger partial charge in [0.15, 0.2) is 0 Å². The first-order chi connectivity index (χ1) is 12.5. The van der Waals surface area contributed by atoms with Gasteiger partial charge >= 0.3 is 6.18 Å². The van der Waals surface area contributed by atoms with Crippen LogP contribution in [0.2, 0.25) is 0 Å². The zero-order chi connectivity index (χ0) is 18.6. The Morgan fingerprint density at radius 2 is 1.88 bits per heavy atom. The van der Waals surface area contributed by atoms with Gasteiger partial charge in [0, 0.05) is 19.1 Å². The summed E-state index contributed by atoms with van der Waals surface area (Å²) in [5.41, 5.74) is 0.298. The minimum absolute atomic E-state index is 0.0543. The first-order valence-electron chi connectivity index (χ1n) is 8.45. The fourth-order valence-corrected chi connectivity index (χ4v) is 2.89. The number of ether oxygens (including phenoxy) is 1. The van der Waals surface area contributed by atoms with Crippen molar-refractivity contribution >= 4 is 5.82 Å². The van der Waals surface area contributed by atoms with E-state index in [0.29, 0.717) is 24.7 Å². The molecule has 1 aliphatic carbocycles. The van der Waals surface area contributed by atoms with Crippen LogP contribution < -0.4 is 10.1 Å². The van der Waals surface area contributed by atoms with Crippen LogP contribution in [0.25, 0.3) is 0 Å². The first kappa shape index (κ1) is 18.4. The fraction of sp³-hybridized carbons (Fsp3) is 0.444. The number of aromatic nitrogens is 2. The monoisotopic (exact) mass is 367 g/mol. The summed E-state index contributed by atoms with van der Waals surface area (Å²) in [6.45, 7) is 0.423. The second kappa shape index (κ2) is 7.90. The van der Waals surface area contributed by atoms with Gasteiger partial charge in [0.25, 0.3) is 0 Å². The quantitative estimate of drug-likeness (QED) is 0.732. The Bertz CT molecular complexity index is 716. The number of anilines is 1. The maximum absolute atomic E-state index is 12.6. The lowest BCUT2D eigenvalue weighted by molar-refractivity contribution is -0.137. The van der Waals surface area contributed by atoms with Crippen molar-refractivity contribution in [2.45, 2.75) is 37.4 Å². The predicted molar refractivity (Wildman–Crippen MR) is 90.1 cm³/mol. The minimum atomic E-state index is -4.30. The summed E-state index contributed by atoms with van der Waals surface area (Å²) >= 11 is 0. The molecule has 1 heterocycles. The average molecular weight is 367 g/mol. The summed E-state index contributed by atoms with van der Waals surface area (Å²) in [5.74, 6) is 1.23. The number of hydrogen-bond acceptors (Lipinski definition) is 5. The molecule has 26 heavy (non-hydrogen) atoms. The number of hydrogen-bond donors (Lipinski definition) is 2. The van der Waals surface area contributed by atoms with Gasteiger partial charge in [0.2, 0.25) is 5.88 Å². The Morgan fingerprint density at radius 3 is 2.54 bits per heavy atom. The fourth-order valence-electron chi connectivity index (χ4n) is 2.89. The molecular weight excluding hydrogens is 347 g/mol. The molecule has 3 rings (SSSR count). The highest BCUT2D eigenvalue weighted by Crippen LogP contribution is 2.39. The topological polar surface area (TPSA) is 67.3 Å². The van der Waals surface area contributed by atoms with E-state index in [9.17, 15) is 13.2 Å². The Balaban J connectivity index is 1.50. The van der Waals surface area contributed by atoms with Crippen molar-refractivity contribution in [1.29, 1.82) is 0 Å². The van der Waals surface area contributed by atoms with Gasteiger partial charge in [-0.2, -0.15) is 18.2 Å². The number of rotatable bonds is 7. The normalized spacial score (nSPS) is 19.7. The standard InChI is InChI=1S/C18H20F3N3O2/c19-18(20,21)14-4-2-12(3-5-14)13-8-15(9-13)23-16-10-22-11-17(24-16)26-7-1-6-25/h2-5,10-11,13,15,25H,1,6-9H2,(H,23,24). The lowest BCUT2D eigenvalue weighted by Crippen LogP contribution is -2.34. The van der Waals surface area contributed by atoms with Crippen molar-refractivity contribution < 1.29 is 23.0 Å². The lowest BCUT2D eigenvalue weighted by Gasteiger charge is -2.36. The third-order valence-corrected chi connectivity index (χ3v) is 4.36. The summed E-state index contributed by atoms with van der Waals surface area (Å²) in [7, 11) is 0. The molecule has 0 aliphatic heterocycles. The largest absolute Gasteiger partial charge is 0.476 e. The Hall–Kier alpha value is -2.35. The highest BCUT2D eigenvalue weighted by molar-refractivity contribution is 5.37. The molecule has 0 amide bonds. The Morgan fingerprint density at radius 1 is 1.15 bits per heavy atom. The molecule has 0 atom stereocenters. The SMILES string of the molecule is OCCCOc1cncc(NC2CC(c3ccc(C(F)(F)F)cc3)C2)n1. The number of halogens is 3. The zero-order valence-corrected chi connectivity index (χ0v) is 14.0. The molecule has 5 nitrogen and oxygen atoms in total. The summed E-state index contributed by atoms with van der Waals surface area (Å²) in [4.78, 5) is 8.37. The van der Waals surface area contributed by atoms with Crippen molar-refractivity contribution in [3.8, 4) is 5.88 Å². The smallest absolute Gasteiger partial charge is 0.416 e. The van der Waals surface area contributed by atoms with Crippen molar-refractivity contribution in [2.75, 3.05) is 18.5 Å². The van der Waals surface area contributed by atoms with Gasteiger partial charge in [0.05, 0.1) is 24.6 Å². The van der Waals surface area contributed by atoms with Gasteiger partial charge in [-0.3, -0.25) is 4.98 Å². The van der Waals surface area contributed by atoms with Crippen molar-refractivity contribution in [3.63, 3.8) is 0 Å². The van der Waals surface area contributed by atoms with Crippen LogP contribution in [0.1, 0.15) is 36.3 Å². The van der Waals surface area contributed by atoms with E-state index in [1.807, 2.05) is 0 Å². The minimum Gasteiger partial charge on any atom is -0.476 e. The molecule has 0 spiro atoms. The molecule has 140 valence electrons. The summed E-state index contributed by atoms with van der Waals surface area (Å²) in [6.07, 6.45) is 0.978. The highest BCUT2D eigenvalue weighted by atomic mass is 19.4. The number of alkyl halides is 3. The van der Waals surface area contributed by atoms with Gasteiger partial charge < -0.3 is 15.2 Å². The summed E-state index contributed by atoms with van der Waals surface area (Å²) in [5, 5.41) is 12.0. The lowest BCUT2D eigenvalue weighted by atomic mass is 9.76. The average Bonchev–Trinajstić information content (AvgIpc) is 2.58. The van der Waals surface area contributed by atoms with Crippen LogP contribution in [0.4, 0.5) is 19.0 Å². The number of aliphatic hydroxyl groups is 1. The number of benzene rings is 1. The van der Waals surface area contributed by atoms with Crippen molar-refractivity contribution in [1.82, 2.24) is 9.97 Å². The van der Waals surface area contributed by atoms with E-state index in [1.54, 1.807) is 18.3 Å². The van der Waals surface area contributed by atoms with Crippen LogP contribution in [0.3, 0.4) is 0 Å². The van der Waals surface area contributed by atoms with Gasteiger partial charge in [-0.15, -0.1) is 0 Å². The van der Waals surface area contributed by atoms with E-state index in [0.717, 1.165) is 30.5 Å². The van der Waals surface area contributed by atoms with Crippen LogP contribution in [0.5, 0.6) is 5.88 Å². The highest BCUT2D eigenvalue weighted by Gasteiger charge is 2.33. The predicted octanol–water partition coefficient (Wildman–Crippen LogP) is 3.61. The van der Waals surface area contributed by atoms with E-state index in [-0.39, 0.29) is 18.6 Å². The molecule has 2 aromatic rings. The molecule has 1 aromatic heterocycles. The Kier molecular flexibility index (Phi) is 5.61. The second-order valence-corrected chi connectivity index (χ2v) is 6.30. The third kappa shape index (κ3) is 4.63. The molecular formula is C18H20F3N3O2. The molecule has 2 N–H and O–H groups in total. The number of aliphatic hydroxyl groups excluding tert-OH is 1. The molecule has 1 saturated carbocycles. The first-order valence-corrected chi connectivity index (χ1v) is 8.45. The van der Waals surface area contributed by atoms with Crippen LogP contribution >= 0.6 is 0 Å². The van der Waals surface area contributed by atoms with Gasteiger partial charge in [0.1, 0.15) is 5.82 Å². The van der Waals surface area contributed by atoms with E-state index in [4.69, 9.17) is 9.84 Å². The molecule has 8 heteroatoms. The summed E-state index contributed by atoms with van der Waals surface area (Å²) < 4.78 is 43.2. The van der Waals surface area contributed by atoms with E-state index in [1.165, 1.54) is 6.20 Å². The van der Waals surface area contributed by atoms with E-state index < -0.39 is 11.7 Å². The molecule has 1 aliphatic rings. The molecule has 0 unspecified atom stereocenters. The molecule has 1 aromatic carbocycles. The third-order valence-electron chi connectivity index (χ3n) is 4.36. The number of nitrogens with zero attached hydrogens (tertiary/aromatic N) is 2. The van der Waals surface area contributed by atoms with Crippen LogP contribution in [0, 0.1) is 0 Å². The molecule has 0 saturated heterocycles. The molecule has 1 fully saturated rings. The number of nitrogens with one attached hydrogen (secondary N) is 1. The van der Waals surface area contributed by atoms with Crippen LogP contribution in [-0.2, 0) is 6.18 Å². The zero-order valence-electron chi connectivity index (χ0n) is 14.0. The second-order valence-electron chi connectivity index (χ2n) is 6.30. The van der Waals surface area contributed by atoms with Crippen LogP contribution in [0.15, 0.2) is 36.7 Å². The maximum Gasteiger partial charge on any atom is 0.416 e. The summed E-state index contributed by atoms with van der Waals surface area (Å²) in [6, 6.07) is 5.58. The van der Waals surface area contributed by atoms with Gasteiger partial charge in [-0.05, 0) is 36.5 Å². The van der Waals surface area contributed by atoms with E-state index >= 15 is 0 Å².